The molecule has 1 aromatic carbocycles. The van der Waals surface area contributed by atoms with Crippen LogP contribution in [0.1, 0.15) is 36.2 Å². The van der Waals surface area contributed by atoms with E-state index in [1.165, 1.54) is 19.2 Å². The fraction of sp³-hybridized carbons (Fsp3) is 0.462. The van der Waals surface area contributed by atoms with Crippen LogP contribution in [-0.2, 0) is 21.4 Å². The second-order valence-electron chi connectivity index (χ2n) is 4.58. The molecule has 0 aliphatic carbocycles. The number of carbonyl (C=O) groups excluding carboxylic acids is 1. The van der Waals surface area contributed by atoms with Crippen molar-refractivity contribution >= 4 is 15.9 Å². The van der Waals surface area contributed by atoms with Crippen molar-refractivity contribution < 1.29 is 17.9 Å². The summed E-state index contributed by atoms with van der Waals surface area (Å²) in [5.74, 6) is -0.326. The molecule has 0 spiro atoms. The first-order valence-electron chi connectivity index (χ1n) is 6.25. The van der Waals surface area contributed by atoms with Crippen molar-refractivity contribution in [3.05, 3.63) is 29.3 Å². The molecule has 0 saturated heterocycles. The van der Waals surface area contributed by atoms with Crippen LogP contribution in [0.15, 0.2) is 23.1 Å². The number of methoxy groups -OCH3 is 1. The molecule has 1 aromatic rings. The normalized spacial score (nSPS) is 13.0. The number of hydrogen-bond acceptors (Lipinski definition) is 4. The Hall–Kier alpha value is -1.44. The second-order valence-corrected chi connectivity index (χ2v) is 6.11. The van der Waals surface area contributed by atoms with Gasteiger partial charge in [0.15, 0.2) is 0 Å². The number of ether oxygens (including phenoxy) is 1. The molecule has 0 fully saturated rings. The van der Waals surface area contributed by atoms with Crippen molar-refractivity contribution in [1.82, 2.24) is 5.32 Å². The molecule has 7 heteroatoms. The monoisotopic (exact) mass is 300 g/mol. The fourth-order valence-corrected chi connectivity index (χ4v) is 2.43. The van der Waals surface area contributed by atoms with Crippen LogP contribution in [0, 0.1) is 0 Å². The Kier molecular flexibility index (Phi) is 5.67. The summed E-state index contributed by atoms with van der Waals surface area (Å²) in [6, 6.07) is 4.38. The van der Waals surface area contributed by atoms with Gasteiger partial charge in [-0.2, -0.15) is 0 Å². The van der Waals surface area contributed by atoms with Crippen LogP contribution in [0.5, 0.6) is 0 Å². The highest BCUT2D eigenvalue weighted by Crippen LogP contribution is 2.17. The smallest absolute Gasteiger partial charge is 0.251 e. The molecule has 1 unspecified atom stereocenters. The first kappa shape index (κ1) is 16.6. The molecular formula is C13H20N2O4S. The summed E-state index contributed by atoms with van der Waals surface area (Å²) in [7, 11) is -2.45. The maximum atomic E-state index is 12.0. The highest BCUT2D eigenvalue weighted by Gasteiger charge is 2.17. The van der Waals surface area contributed by atoms with E-state index in [2.05, 4.69) is 5.32 Å². The van der Waals surface area contributed by atoms with Gasteiger partial charge in [0.05, 0.1) is 11.5 Å². The SMILES string of the molecule is CCC(C)NC(=O)c1ccc(COC)c(S(N)(=O)=O)c1. The fourth-order valence-electron chi connectivity index (χ4n) is 1.64. The predicted molar refractivity (Wildman–Crippen MR) is 75.7 cm³/mol. The number of hydrogen-bond donors (Lipinski definition) is 2. The van der Waals surface area contributed by atoms with E-state index in [0.29, 0.717) is 5.56 Å². The second kappa shape index (κ2) is 6.83. The van der Waals surface area contributed by atoms with Gasteiger partial charge < -0.3 is 10.1 Å². The minimum Gasteiger partial charge on any atom is -0.380 e. The lowest BCUT2D eigenvalue weighted by Gasteiger charge is -2.13. The topological polar surface area (TPSA) is 98.5 Å². The van der Waals surface area contributed by atoms with Crippen molar-refractivity contribution in [2.24, 2.45) is 5.14 Å². The molecule has 1 amide bonds. The summed E-state index contributed by atoms with van der Waals surface area (Å²) in [6.45, 7) is 3.93. The van der Waals surface area contributed by atoms with Gasteiger partial charge in [-0.1, -0.05) is 13.0 Å². The molecule has 0 aromatic heterocycles. The Balaban J connectivity index is 3.16. The molecule has 1 atom stereocenters. The average Bonchev–Trinajstić information content (AvgIpc) is 2.38. The van der Waals surface area contributed by atoms with Gasteiger partial charge in [-0.15, -0.1) is 0 Å². The van der Waals surface area contributed by atoms with Crippen LogP contribution >= 0.6 is 0 Å². The summed E-state index contributed by atoms with van der Waals surface area (Å²) < 4.78 is 28.1. The van der Waals surface area contributed by atoms with E-state index in [4.69, 9.17) is 9.88 Å². The maximum absolute atomic E-state index is 12.0. The lowest BCUT2D eigenvalue weighted by molar-refractivity contribution is 0.0939. The zero-order valence-corrected chi connectivity index (χ0v) is 12.7. The van der Waals surface area contributed by atoms with Gasteiger partial charge in [-0.25, -0.2) is 13.6 Å². The van der Waals surface area contributed by atoms with E-state index >= 15 is 0 Å². The van der Waals surface area contributed by atoms with Crippen molar-refractivity contribution in [3.63, 3.8) is 0 Å². The van der Waals surface area contributed by atoms with Gasteiger partial charge in [-0.3, -0.25) is 4.79 Å². The summed E-state index contributed by atoms with van der Waals surface area (Å²) in [5, 5.41) is 7.94. The zero-order valence-electron chi connectivity index (χ0n) is 11.8. The Bertz CT molecular complexity index is 584. The molecular weight excluding hydrogens is 280 g/mol. The van der Waals surface area contributed by atoms with Gasteiger partial charge in [0.1, 0.15) is 0 Å². The number of rotatable bonds is 6. The number of benzene rings is 1. The Morgan fingerprint density at radius 2 is 2.10 bits per heavy atom. The van der Waals surface area contributed by atoms with Crippen LogP contribution in [0.4, 0.5) is 0 Å². The molecule has 20 heavy (non-hydrogen) atoms. The largest absolute Gasteiger partial charge is 0.380 e. The third-order valence-corrected chi connectivity index (χ3v) is 3.92. The van der Waals surface area contributed by atoms with Crippen LogP contribution in [-0.4, -0.2) is 27.5 Å². The van der Waals surface area contributed by atoms with E-state index in [0.717, 1.165) is 6.42 Å². The van der Waals surface area contributed by atoms with Gasteiger partial charge >= 0.3 is 0 Å². The number of sulfonamides is 1. The maximum Gasteiger partial charge on any atom is 0.251 e. The number of nitrogens with two attached hydrogens (primary N) is 1. The van der Waals surface area contributed by atoms with E-state index in [-0.39, 0.29) is 29.0 Å². The van der Waals surface area contributed by atoms with Crippen LogP contribution in [0.2, 0.25) is 0 Å². The zero-order chi connectivity index (χ0) is 15.3. The van der Waals surface area contributed by atoms with Gasteiger partial charge in [0.25, 0.3) is 5.91 Å². The summed E-state index contributed by atoms with van der Waals surface area (Å²) in [6.07, 6.45) is 0.787. The molecule has 3 N–H and O–H groups in total. The number of carbonyl (C=O) groups is 1. The number of nitrogens with one attached hydrogen (secondary N) is 1. The van der Waals surface area contributed by atoms with Crippen LogP contribution in [0.3, 0.4) is 0 Å². The highest BCUT2D eigenvalue weighted by atomic mass is 32.2. The molecule has 1 rings (SSSR count). The molecule has 0 saturated carbocycles. The van der Waals surface area contributed by atoms with Crippen molar-refractivity contribution in [2.75, 3.05) is 7.11 Å². The van der Waals surface area contributed by atoms with E-state index in [1.54, 1.807) is 6.07 Å². The van der Waals surface area contributed by atoms with Crippen LogP contribution < -0.4 is 10.5 Å². The van der Waals surface area contributed by atoms with E-state index in [1.807, 2.05) is 13.8 Å². The lowest BCUT2D eigenvalue weighted by Crippen LogP contribution is -2.32. The minimum absolute atomic E-state index is 0.0130. The lowest BCUT2D eigenvalue weighted by atomic mass is 10.1. The van der Waals surface area contributed by atoms with E-state index in [9.17, 15) is 13.2 Å². The molecule has 0 radical (unpaired) electrons. The van der Waals surface area contributed by atoms with Gasteiger partial charge in [0, 0.05) is 18.7 Å². The minimum atomic E-state index is -3.91. The summed E-state index contributed by atoms with van der Waals surface area (Å²) >= 11 is 0. The molecule has 0 heterocycles. The third-order valence-electron chi connectivity index (χ3n) is 2.93. The first-order valence-corrected chi connectivity index (χ1v) is 7.79. The first-order chi connectivity index (χ1) is 9.29. The Morgan fingerprint density at radius 3 is 2.60 bits per heavy atom. The Labute approximate surface area is 119 Å². The molecule has 0 aliphatic rings. The van der Waals surface area contributed by atoms with Gasteiger partial charge in [-0.05, 0) is 31.0 Å². The van der Waals surface area contributed by atoms with E-state index < -0.39 is 10.0 Å². The third kappa shape index (κ3) is 4.29. The summed E-state index contributed by atoms with van der Waals surface area (Å²) in [5.41, 5.74) is 0.685. The van der Waals surface area contributed by atoms with Crippen molar-refractivity contribution in [3.8, 4) is 0 Å². The average molecular weight is 300 g/mol. The molecule has 0 bridgehead atoms. The highest BCUT2D eigenvalue weighted by molar-refractivity contribution is 7.89. The standard InChI is InChI=1S/C13H20N2O4S/c1-4-9(2)15-13(16)10-5-6-11(8-19-3)12(7-10)20(14,17)18/h5-7,9H,4,8H2,1-3H3,(H,15,16)(H2,14,17,18). The van der Waals surface area contributed by atoms with Gasteiger partial charge in [0.2, 0.25) is 10.0 Å². The molecule has 0 aliphatic heterocycles. The number of amides is 1. The Morgan fingerprint density at radius 1 is 1.45 bits per heavy atom. The van der Waals surface area contributed by atoms with Crippen molar-refractivity contribution in [2.45, 2.75) is 37.8 Å². The summed E-state index contributed by atoms with van der Waals surface area (Å²) in [4.78, 5) is 11.9. The van der Waals surface area contributed by atoms with Crippen LogP contribution in [0.25, 0.3) is 0 Å². The molecule has 112 valence electrons. The quantitative estimate of drug-likeness (QED) is 0.819. The predicted octanol–water partition coefficient (Wildman–Crippen LogP) is 1.01. The van der Waals surface area contributed by atoms with Crippen molar-refractivity contribution in [1.29, 1.82) is 0 Å². The molecule has 6 nitrogen and oxygen atoms in total. The number of primary sulfonamides is 1.